The zero-order valence-electron chi connectivity index (χ0n) is 12.1. The number of nitrogens with zero attached hydrogens (tertiary/aromatic N) is 2. The van der Waals surface area contributed by atoms with E-state index in [1.54, 1.807) is 24.4 Å². The summed E-state index contributed by atoms with van der Waals surface area (Å²) in [6.07, 6.45) is 1.67. The van der Waals surface area contributed by atoms with E-state index in [4.69, 9.17) is 4.74 Å². The fraction of sp³-hybridized carbons (Fsp3) is 0.267. The topological polar surface area (TPSA) is 76.1 Å². The Morgan fingerprint density at radius 3 is 2.67 bits per heavy atom. The third-order valence-electron chi connectivity index (χ3n) is 2.69. The first-order valence-corrected chi connectivity index (χ1v) is 6.73. The van der Waals surface area contributed by atoms with Crippen molar-refractivity contribution in [3.05, 3.63) is 48.0 Å². The normalized spacial score (nSPS) is 10.0. The van der Waals surface area contributed by atoms with Crippen molar-refractivity contribution in [2.45, 2.75) is 20.4 Å². The van der Waals surface area contributed by atoms with Crippen molar-refractivity contribution in [1.82, 2.24) is 15.3 Å². The van der Waals surface area contributed by atoms with Crippen molar-refractivity contribution in [1.29, 1.82) is 0 Å². The second-order valence-corrected chi connectivity index (χ2v) is 4.36. The molecule has 0 aliphatic carbocycles. The Hall–Kier alpha value is -2.63. The minimum absolute atomic E-state index is 0.282. The number of hydrogen-bond acceptors (Lipinski definition) is 4. The minimum Gasteiger partial charge on any atom is -0.494 e. The lowest BCUT2D eigenvalue weighted by Gasteiger charge is -2.08. The first kappa shape index (κ1) is 14.8. The first-order chi connectivity index (χ1) is 10.2. The number of aryl methyl sites for hydroxylation is 1. The van der Waals surface area contributed by atoms with E-state index in [-0.39, 0.29) is 6.03 Å². The Balaban J connectivity index is 1.84. The predicted molar refractivity (Wildman–Crippen MR) is 80.2 cm³/mol. The maximum absolute atomic E-state index is 11.8. The van der Waals surface area contributed by atoms with Crippen LogP contribution >= 0.6 is 0 Å². The summed E-state index contributed by atoms with van der Waals surface area (Å²) in [5.41, 5.74) is 1.47. The second kappa shape index (κ2) is 7.23. The number of aromatic nitrogens is 2. The van der Waals surface area contributed by atoms with Crippen LogP contribution in [0.25, 0.3) is 0 Å². The van der Waals surface area contributed by atoms with Gasteiger partial charge in [-0.2, -0.15) is 0 Å². The molecule has 6 heteroatoms. The van der Waals surface area contributed by atoms with Gasteiger partial charge in [0.2, 0.25) is 0 Å². The zero-order chi connectivity index (χ0) is 15.1. The second-order valence-electron chi connectivity index (χ2n) is 4.36. The van der Waals surface area contributed by atoms with E-state index in [0.29, 0.717) is 24.7 Å². The number of carbonyl (C=O) groups is 1. The van der Waals surface area contributed by atoms with Crippen LogP contribution in [0.3, 0.4) is 0 Å². The maximum Gasteiger partial charge on any atom is 0.319 e. The molecule has 2 aromatic rings. The molecule has 2 rings (SSSR count). The quantitative estimate of drug-likeness (QED) is 0.885. The summed E-state index contributed by atoms with van der Waals surface area (Å²) in [6.45, 7) is 4.70. The molecule has 0 aliphatic rings. The number of amides is 2. The Morgan fingerprint density at radius 2 is 2.00 bits per heavy atom. The van der Waals surface area contributed by atoms with Crippen LogP contribution in [0.1, 0.15) is 18.4 Å². The molecule has 0 spiro atoms. The summed E-state index contributed by atoms with van der Waals surface area (Å²) in [4.78, 5) is 20.0. The van der Waals surface area contributed by atoms with Gasteiger partial charge in [0.25, 0.3) is 0 Å². The van der Waals surface area contributed by atoms with E-state index >= 15 is 0 Å². The summed E-state index contributed by atoms with van der Waals surface area (Å²) in [5.74, 6) is 1.46. The average molecular weight is 286 g/mol. The Bertz CT molecular complexity index is 599. The minimum atomic E-state index is -0.282. The molecule has 1 aromatic heterocycles. The van der Waals surface area contributed by atoms with Crippen LogP contribution in [0.5, 0.6) is 5.75 Å². The number of urea groups is 1. The molecule has 1 aromatic carbocycles. The van der Waals surface area contributed by atoms with Crippen LogP contribution < -0.4 is 15.4 Å². The van der Waals surface area contributed by atoms with Crippen molar-refractivity contribution >= 4 is 11.7 Å². The van der Waals surface area contributed by atoms with Gasteiger partial charge in [-0.1, -0.05) is 0 Å². The van der Waals surface area contributed by atoms with Gasteiger partial charge in [0, 0.05) is 11.9 Å². The molecule has 110 valence electrons. The van der Waals surface area contributed by atoms with E-state index in [2.05, 4.69) is 20.6 Å². The summed E-state index contributed by atoms with van der Waals surface area (Å²) in [6, 6.07) is 8.69. The third-order valence-corrected chi connectivity index (χ3v) is 2.69. The lowest BCUT2D eigenvalue weighted by atomic mass is 10.3. The number of rotatable bonds is 5. The molecule has 0 unspecified atom stereocenters. The highest BCUT2D eigenvalue weighted by Crippen LogP contribution is 2.15. The van der Waals surface area contributed by atoms with Gasteiger partial charge in [-0.25, -0.2) is 14.8 Å². The van der Waals surface area contributed by atoms with Crippen LogP contribution in [0.15, 0.2) is 36.5 Å². The molecule has 2 N–H and O–H groups in total. The van der Waals surface area contributed by atoms with Gasteiger partial charge in [0.05, 0.1) is 18.8 Å². The number of carbonyl (C=O) groups excluding carboxylic acids is 1. The largest absolute Gasteiger partial charge is 0.494 e. The number of hydrogen-bond donors (Lipinski definition) is 2. The maximum atomic E-state index is 11.8. The van der Waals surface area contributed by atoms with Crippen LogP contribution in [0, 0.1) is 6.92 Å². The molecule has 1 heterocycles. The molecule has 0 radical (unpaired) electrons. The van der Waals surface area contributed by atoms with Gasteiger partial charge in [-0.05, 0) is 44.2 Å². The Morgan fingerprint density at radius 1 is 1.24 bits per heavy atom. The molecule has 0 atom stereocenters. The van der Waals surface area contributed by atoms with Crippen LogP contribution in [-0.4, -0.2) is 22.6 Å². The van der Waals surface area contributed by atoms with Crippen LogP contribution in [0.2, 0.25) is 0 Å². The lowest BCUT2D eigenvalue weighted by molar-refractivity contribution is 0.251. The van der Waals surface area contributed by atoms with E-state index < -0.39 is 0 Å². The SMILES string of the molecule is CCOc1ccc(NC(=O)NCc2ccnc(C)n2)cc1. The monoisotopic (exact) mass is 286 g/mol. The van der Waals surface area contributed by atoms with Crippen LogP contribution in [-0.2, 0) is 6.54 Å². The molecule has 2 amide bonds. The molecule has 21 heavy (non-hydrogen) atoms. The molecular weight excluding hydrogens is 268 g/mol. The lowest BCUT2D eigenvalue weighted by Crippen LogP contribution is -2.28. The third kappa shape index (κ3) is 4.76. The van der Waals surface area contributed by atoms with Gasteiger partial charge in [-0.3, -0.25) is 0 Å². The fourth-order valence-corrected chi connectivity index (χ4v) is 1.75. The number of nitrogens with one attached hydrogen (secondary N) is 2. The van der Waals surface area contributed by atoms with E-state index in [1.807, 2.05) is 26.0 Å². The highest BCUT2D eigenvalue weighted by Gasteiger charge is 2.03. The molecule has 6 nitrogen and oxygen atoms in total. The van der Waals surface area contributed by atoms with Crippen molar-refractivity contribution in [2.24, 2.45) is 0 Å². The zero-order valence-corrected chi connectivity index (χ0v) is 12.1. The number of anilines is 1. The molecule has 0 aliphatic heterocycles. The average Bonchev–Trinajstić information content (AvgIpc) is 2.48. The fourth-order valence-electron chi connectivity index (χ4n) is 1.75. The molecule has 0 saturated heterocycles. The van der Waals surface area contributed by atoms with Gasteiger partial charge < -0.3 is 15.4 Å². The Kier molecular flexibility index (Phi) is 5.09. The number of benzene rings is 1. The predicted octanol–water partition coefficient (Wildman–Crippen LogP) is 2.51. The summed E-state index contributed by atoms with van der Waals surface area (Å²) >= 11 is 0. The highest BCUT2D eigenvalue weighted by molar-refractivity contribution is 5.89. The van der Waals surface area contributed by atoms with Crippen molar-refractivity contribution < 1.29 is 9.53 Å². The number of ether oxygens (including phenoxy) is 1. The highest BCUT2D eigenvalue weighted by atomic mass is 16.5. The molecule has 0 bridgehead atoms. The van der Waals surface area contributed by atoms with Crippen molar-refractivity contribution in [3.8, 4) is 5.75 Å². The summed E-state index contributed by atoms with van der Waals surface area (Å²) < 4.78 is 5.34. The van der Waals surface area contributed by atoms with Gasteiger partial charge >= 0.3 is 6.03 Å². The summed E-state index contributed by atoms with van der Waals surface area (Å²) in [5, 5.41) is 5.49. The van der Waals surface area contributed by atoms with E-state index in [9.17, 15) is 4.79 Å². The van der Waals surface area contributed by atoms with Gasteiger partial charge in [-0.15, -0.1) is 0 Å². The van der Waals surface area contributed by atoms with E-state index in [1.165, 1.54) is 0 Å². The van der Waals surface area contributed by atoms with Crippen molar-refractivity contribution in [3.63, 3.8) is 0 Å². The van der Waals surface area contributed by atoms with Gasteiger partial charge in [0.1, 0.15) is 11.6 Å². The molecule has 0 saturated carbocycles. The van der Waals surface area contributed by atoms with Crippen molar-refractivity contribution in [2.75, 3.05) is 11.9 Å². The molecular formula is C15H18N4O2. The Labute approximate surface area is 123 Å². The smallest absolute Gasteiger partial charge is 0.319 e. The van der Waals surface area contributed by atoms with E-state index in [0.717, 1.165) is 11.4 Å². The summed E-state index contributed by atoms with van der Waals surface area (Å²) in [7, 11) is 0. The van der Waals surface area contributed by atoms with Gasteiger partial charge in [0.15, 0.2) is 0 Å². The first-order valence-electron chi connectivity index (χ1n) is 6.73. The standard InChI is InChI=1S/C15H18N4O2/c1-3-21-14-6-4-12(5-7-14)19-15(20)17-10-13-8-9-16-11(2)18-13/h4-9H,3,10H2,1-2H3,(H2,17,19,20). The van der Waals surface area contributed by atoms with Crippen LogP contribution in [0.4, 0.5) is 10.5 Å². The molecule has 0 fully saturated rings.